The summed E-state index contributed by atoms with van der Waals surface area (Å²) in [6.07, 6.45) is 2.86. The third-order valence-corrected chi connectivity index (χ3v) is 4.57. The molecule has 1 aliphatic carbocycles. The van der Waals surface area contributed by atoms with Gasteiger partial charge in [0.25, 0.3) is 11.6 Å². The Balaban J connectivity index is 2.25. The van der Waals surface area contributed by atoms with Gasteiger partial charge in [-0.3, -0.25) is 14.9 Å². The molecule has 1 aromatic carbocycles. The normalized spacial score (nSPS) is 22.2. The zero-order chi connectivity index (χ0) is 14.0. The average molecular weight is 348 g/mol. The Bertz CT molecular complexity index is 524. The molecule has 1 aliphatic rings. The minimum absolute atomic E-state index is 0.0108. The molecule has 0 saturated heterocycles. The van der Waals surface area contributed by atoms with Crippen molar-refractivity contribution >= 4 is 39.1 Å². The smallest absolute Gasteiger partial charge is 0.283 e. The average Bonchev–Trinajstić information content (AvgIpc) is 2.74. The first kappa shape index (κ1) is 14.3. The van der Waals surface area contributed by atoms with Crippen molar-refractivity contribution in [2.45, 2.75) is 30.1 Å². The van der Waals surface area contributed by atoms with Crippen molar-refractivity contribution in [1.29, 1.82) is 0 Å². The quantitative estimate of drug-likeness (QED) is 0.518. The topological polar surface area (TPSA) is 72.2 Å². The minimum Gasteiger partial charge on any atom is -0.348 e. The minimum atomic E-state index is -0.596. The summed E-state index contributed by atoms with van der Waals surface area (Å²) in [5.41, 5.74) is -0.338. The van der Waals surface area contributed by atoms with E-state index in [9.17, 15) is 14.9 Å². The first-order valence-electron chi connectivity index (χ1n) is 5.88. The van der Waals surface area contributed by atoms with Gasteiger partial charge in [0, 0.05) is 16.9 Å². The predicted octanol–water partition coefficient (Wildman–Crippen LogP) is 3.29. The number of benzene rings is 1. The molecular formula is C12H12BrClN2O3. The number of hydrogen-bond acceptors (Lipinski definition) is 3. The van der Waals surface area contributed by atoms with Crippen LogP contribution >= 0.6 is 27.5 Å². The maximum atomic E-state index is 12.2. The molecule has 7 heteroatoms. The predicted molar refractivity (Wildman–Crippen MR) is 75.9 cm³/mol. The number of hydrogen-bond donors (Lipinski definition) is 1. The summed E-state index contributed by atoms with van der Waals surface area (Å²) in [5.74, 6) is -0.492. The van der Waals surface area contributed by atoms with Crippen LogP contribution in [0.15, 0.2) is 18.2 Å². The molecule has 2 rings (SSSR count). The highest BCUT2D eigenvalue weighted by Crippen LogP contribution is 2.29. The summed E-state index contributed by atoms with van der Waals surface area (Å²) in [6.45, 7) is 0. The maximum absolute atomic E-state index is 12.2. The first-order chi connectivity index (χ1) is 9.00. The Labute approximate surface area is 123 Å². The van der Waals surface area contributed by atoms with Crippen LogP contribution in [0.1, 0.15) is 29.6 Å². The van der Waals surface area contributed by atoms with E-state index in [0.717, 1.165) is 19.3 Å². The van der Waals surface area contributed by atoms with Crippen LogP contribution in [0.2, 0.25) is 5.02 Å². The number of nitro benzene ring substituents is 1. The van der Waals surface area contributed by atoms with Gasteiger partial charge in [-0.1, -0.05) is 40.0 Å². The number of amides is 1. The molecule has 0 bridgehead atoms. The molecule has 0 aliphatic heterocycles. The number of alkyl halides is 1. The van der Waals surface area contributed by atoms with E-state index in [1.807, 2.05) is 0 Å². The Morgan fingerprint density at radius 1 is 1.47 bits per heavy atom. The van der Waals surface area contributed by atoms with Gasteiger partial charge in [-0.2, -0.15) is 0 Å². The number of halogens is 2. The highest BCUT2D eigenvalue weighted by molar-refractivity contribution is 9.09. The zero-order valence-electron chi connectivity index (χ0n) is 9.94. The molecule has 0 radical (unpaired) electrons. The SMILES string of the molecule is O=C(NC1CCCC1Br)c1c(Cl)cccc1[N+](=O)[O-]. The number of nitrogens with one attached hydrogen (secondary N) is 1. The highest BCUT2D eigenvalue weighted by Gasteiger charge is 2.30. The number of nitro groups is 1. The molecular weight excluding hydrogens is 336 g/mol. The van der Waals surface area contributed by atoms with Gasteiger partial charge in [-0.15, -0.1) is 0 Å². The summed E-state index contributed by atoms with van der Waals surface area (Å²) in [4.78, 5) is 22.7. The van der Waals surface area contributed by atoms with Crippen molar-refractivity contribution in [2.24, 2.45) is 0 Å². The second kappa shape index (κ2) is 5.88. The van der Waals surface area contributed by atoms with E-state index in [1.165, 1.54) is 18.2 Å². The second-order valence-corrected chi connectivity index (χ2v) is 6.00. The van der Waals surface area contributed by atoms with Gasteiger partial charge in [-0.05, 0) is 18.9 Å². The molecule has 5 nitrogen and oxygen atoms in total. The third kappa shape index (κ3) is 3.06. The van der Waals surface area contributed by atoms with Crippen molar-refractivity contribution in [2.75, 3.05) is 0 Å². The fourth-order valence-corrected chi connectivity index (χ4v) is 3.18. The van der Waals surface area contributed by atoms with Gasteiger partial charge < -0.3 is 5.32 Å². The zero-order valence-corrected chi connectivity index (χ0v) is 12.3. The summed E-state index contributed by atoms with van der Waals surface area (Å²) < 4.78 is 0. The standard InChI is InChI=1S/C12H12BrClN2O3/c13-7-3-1-5-9(7)15-12(17)11-8(14)4-2-6-10(11)16(18)19/h2,4,6-7,9H,1,3,5H2,(H,15,17). The molecule has 0 spiro atoms. The molecule has 0 aromatic heterocycles. The van der Waals surface area contributed by atoms with Crippen LogP contribution in [0.25, 0.3) is 0 Å². The Morgan fingerprint density at radius 2 is 2.21 bits per heavy atom. The lowest BCUT2D eigenvalue weighted by Gasteiger charge is -2.16. The Hall–Kier alpha value is -1.14. The molecule has 2 atom stereocenters. The maximum Gasteiger partial charge on any atom is 0.283 e. The molecule has 19 heavy (non-hydrogen) atoms. The molecule has 1 amide bonds. The van der Waals surface area contributed by atoms with E-state index in [-0.39, 0.29) is 27.1 Å². The molecule has 1 saturated carbocycles. The van der Waals surface area contributed by atoms with Crippen molar-refractivity contribution < 1.29 is 9.72 Å². The molecule has 2 unspecified atom stereocenters. The van der Waals surface area contributed by atoms with E-state index < -0.39 is 10.8 Å². The van der Waals surface area contributed by atoms with Crippen molar-refractivity contribution in [3.05, 3.63) is 38.9 Å². The van der Waals surface area contributed by atoms with Crippen LogP contribution in [0.3, 0.4) is 0 Å². The van der Waals surface area contributed by atoms with Gasteiger partial charge in [0.05, 0.1) is 9.95 Å². The highest BCUT2D eigenvalue weighted by atomic mass is 79.9. The lowest BCUT2D eigenvalue weighted by atomic mass is 10.1. The van der Waals surface area contributed by atoms with Crippen LogP contribution in [0, 0.1) is 10.1 Å². The van der Waals surface area contributed by atoms with Crippen LogP contribution in [-0.2, 0) is 0 Å². The van der Waals surface area contributed by atoms with Gasteiger partial charge in [0.2, 0.25) is 0 Å². The first-order valence-corrected chi connectivity index (χ1v) is 7.18. The Kier molecular flexibility index (Phi) is 4.42. The van der Waals surface area contributed by atoms with Gasteiger partial charge in [0.15, 0.2) is 0 Å². The largest absolute Gasteiger partial charge is 0.348 e. The van der Waals surface area contributed by atoms with Crippen LogP contribution in [0.4, 0.5) is 5.69 Å². The summed E-state index contributed by atoms with van der Waals surface area (Å²) in [6, 6.07) is 4.20. The second-order valence-electron chi connectivity index (χ2n) is 4.42. The van der Waals surface area contributed by atoms with Crippen molar-refractivity contribution in [3.8, 4) is 0 Å². The number of rotatable bonds is 3. The van der Waals surface area contributed by atoms with E-state index in [1.54, 1.807) is 0 Å². The van der Waals surface area contributed by atoms with Crippen molar-refractivity contribution in [3.63, 3.8) is 0 Å². The fraction of sp³-hybridized carbons (Fsp3) is 0.417. The van der Waals surface area contributed by atoms with E-state index in [4.69, 9.17) is 11.6 Å². The van der Waals surface area contributed by atoms with Gasteiger partial charge in [0.1, 0.15) is 5.56 Å². The number of nitrogens with zero attached hydrogens (tertiary/aromatic N) is 1. The lowest BCUT2D eigenvalue weighted by Crippen LogP contribution is -2.38. The summed E-state index contributed by atoms with van der Waals surface area (Å²) in [5, 5.41) is 13.8. The Morgan fingerprint density at radius 3 is 2.79 bits per heavy atom. The number of carbonyl (C=O) groups is 1. The van der Waals surface area contributed by atoms with E-state index in [2.05, 4.69) is 21.2 Å². The van der Waals surface area contributed by atoms with Gasteiger partial charge in [-0.25, -0.2) is 0 Å². The van der Waals surface area contributed by atoms with Crippen LogP contribution in [-0.4, -0.2) is 21.7 Å². The number of carbonyl (C=O) groups excluding carboxylic acids is 1. The molecule has 1 fully saturated rings. The van der Waals surface area contributed by atoms with Crippen LogP contribution in [0.5, 0.6) is 0 Å². The summed E-state index contributed by atoms with van der Waals surface area (Å²) in [7, 11) is 0. The molecule has 0 heterocycles. The monoisotopic (exact) mass is 346 g/mol. The molecule has 1 aromatic rings. The lowest BCUT2D eigenvalue weighted by molar-refractivity contribution is -0.385. The van der Waals surface area contributed by atoms with E-state index in [0.29, 0.717) is 0 Å². The van der Waals surface area contributed by atoms with Crippen molar-refractivity contribution in [1.82, 2.24) is 5.32 Å². The molecule has 1 N–H and O–H groups in total. The summed E-state index contributed by atoms with van der Waals surface area (Å²) >= 11 is 9.40. The third-order valence-electron chi connectivity index (χ3n) is 3.16. The van der Waals surface area contributed by atoms with Gasteiger partial charge >= 0.3 is 0 Å². The molecule has 102 valence electrons. The fourth-order valence-electron chi connectivity index (χ4n) is 2.21. The van der Waals surface area contributed by atoms with Crippen LogP contribution < -0.4 is 5.32 Å². The van der Waals surface area contributed by atoms with E-state index >= 15 is 0 Å².